The van der Waals surface area contributed by atoms with Gasteiger partial charge in [-0.3, -0.25) is 4.90 Å². The van der Waals surface area contributed by atoms with Crippen molar-refractivity contribution >= 4 is 0 Å². The van der Waals surface area contributed by atoms with Crippen molar-refractivity contribution in [3.05, 3.63) is 0 Å². The van der Waals surface area contributed by atoms with Gasteiger partial charge in [0.1, 0.15) is 0 Å². The summed E-state index contributed by atoms with van der Waals surface area (Å²) in [6.45, 7) is 5.51. The minimum Gasteiger partial charge on any atom is -0.384 e. The van der Waals surface area contributed by atoms with Crippen LogP contribution < -0.4 is 0 Å². The summed E-state index contributed by atoms with van der Waals surface area (Å²) in [6, 6.07) is 3.11. The summed E-state index contributed by atoms with van der Waals surface area (Å²) < 4.78 is 5.28. The average molecular weight is 278 g/mol. The molecule has 0 aromatic carbocycles. The van der Waals surface area contributed by atoms with Crippen molar-refractivity contribution in [2.45, 2.75) is 57.9 Å². The number of hydrogen-bond donors (Lipinski definition) is 0. The minimum atomic E-state index is 0.266. The lowest BCUT2D eigenvalue weighted by Gasteiger charge is -2.43. The van der Waals surface area contributed by atoms with Gasteiger partial charge >= 0.3 is 0 Å². The first-order chi connectivity index (χ1) is 9.78. The SMILES string of the molecule is CCCC1CCC(C#N)C(N2CCC(COC)CC2)C1. The number of nitriles is 1. The van der Waals surface area contributed by atoms with E-state index in [0.717, 1.165) is 38.0 Å². The molecular weight excluding hydrogens is 248 g/mol. The highest BCUT2D eigenvalue weighted by atomic mass is 16.5. The van der Waals surface area contributed by atoms with Gasteiger partial charge in [-0.2, -0.15) is 5.26 Å². The molecule has 0 N–H and O–H groups in total. The van der Waals surface area contributed by atoms with Crippen LogP contribution in [0.15, 0.2) is 0 Å². The van der Waals surface area contributed by atoms with Crippen molar-refractivity contribution in [2.24, 2.45) is 17.8 Å². The second kappa shape index (κ2) is 8.00. The third kappa shape index (κ3) is 3.96. The maximum Gasteiger partial charge on any atom is 0.0672 e. The monoisotopic (exact) mass is 278 g/mol. The van der Waals surface area contributed by atoms with E-state index in [2.05, 4.69) is 17.9 Å². The summed E-state index contributed by atoms with van der Waals surface area (Å²) in [5.41, 5.74) is 0. The molecule has 0 spiro atoms. The van der Waals surface area contributed by atoms with Crippen molar-refractivity contribution in [1.82, 2.24) is 4.90 Å². The van der Waals surface area contributed by atoms with E-state index in [9.17, 15) is 5.26 Å². The fraction of sp³-hybridized carbons (Fsp3) is 0.941. The maximum atomic E-state index is 9.45. The number of ether oxygens (including phenoxy) is 1. The molecule has 0 aromatic rings. The first kappa shape index (κ1) is 15.8. The Bertz CT molecular complexity index is 317. The number of piperidine rings is 1. The number of nitrogens with zero attached hydrogens (tertiary/aromatic N) is 2. The van der Waals surface area contributed by atoms with Crippen LogP contribution in [0.1, 0.15) is 51.9 Å². The molecule has 0 radical (unpaired) electrons. The fourth-order valence-electron chi connectivity index (χ4n) is 4.14. The molecule has 0 bridgehead atoms. The van der Waals surface area contributed by atoms with Gasteiger partial charge in [-0.15, -0.1) is 0 Å². The van der Waals surface area contributed by atoms with Gasteiger partial charge in [0.25, 0.3) is 0 Å². The molecule has 3 atom stereocenters. The van der Waals surface area contributed by atoms with E-state index in [0.29, 0.717) is 6.04 Å². The van der Waals surface area contributed by atoms with Crippen LogP contribution in [0.2, 0.25) is 0 Å². The van der Waals surface area contributed by atoms with E-state index in [1.165, 1.54) is 38.5 Å². The van der Waals surface area contributed by atoms with Gasteiger partial charge in [0.05, 0.1) is 12.0 Å². The molecule has 20 heavy (non-hydrogen) atoms. The predicted molar refractivity (Wildman–Crippen MR) is 81.3 cm³/mol. The minimum absolute atomic E-state index is 0.266. The number of methoxy groups -OCH3 is 1. The molecule has 1 aliphatic carbocycles. The second-order valence-electron chi connectivity index (χ2n) is 6.71. The van der Waals surface area contributed by atoms with Crippen molar-refractivity contribution in [3.63, 3.8) is 0 Å². The van der Waals surface area contributed by atoms with Crippen LogP contribution in [0.4, 0.5) is 0 Å². The van der Waals surface area contributed by atoms with Gasteiger partial charge < -0.3 is 4.74 Å². The molecule has 3 heteroatoms. The van der Waals surface area contributed by atoms with E-state index in [4.69, 9.17) is 4.74 Å². The van der Waals surface area contributed by atoms with Crippen LogP contribution in [-0.2, 0) is 4.74 Å². The molecule has 1 saturated heterocycles. The van der Waals surface area contributed by atoms with Gasteiger partial charge in [-0.25, -0.2) is 0 Å². The number of likely N-dealkylation sites (tertiary alicyclic amines) is 1. The zero-order chi connectivity index (χ0) is 14.4. The normalized spacial score (nSPS) is 33.0. The summed E-state index contributed by atoms with van der Waals surface area (Å²) in [5.74, 6) is 1.85. The Hall–Kier alpha value is -0.590. The summed E-state index contributed by atoms with van der Waals surface area (Å²) in [5, 5.41) is 9.45. The van der Waals surface area contributed by atoms with Crippen LogP contribution in [0.5, 0.6) is 0 Å². The summed E-state index contributed by atoms with van der Waals surface area (Å²) in [6.07, 6.45) is 8.73. The van der Waals surface area contributed by atoms with Crippen LogP contribution in [0, 0.1) is 29.1 Å². The molecule has 2 fully saturated rings. The van der Waals surface area contributed by atoms with E-state index in [1.54, 1.807) is 7.11 Å². The summed E-state index contributed by atoms with van der Waals surface area (Å²) >= 11 is 0. The molecule has 114 valence electrons. The molecule has 2 rings (SSSR count). The van der Waals surface area contributed by atoms with Gasteiger partial charge in [0.15, 0.2) is 0 Å². The zero-order valence-corrected chi connectivity index (χ0v) is 13.2. The third-order valence-corrected chi connectivity index (χ3v) is 5.31. The van der Waals surface area contributed by atoms with Gasteiger partial charge in [-0.05, 0) is 57.0 Å². The first-order valence-corrected chi connectivity index (χ1v) is 8.41. The predicted octanol–water partition coefficient (Wildman–Crippen LogP) is 3.45. The molecule has 0 aromatic heterocycles. The molecule has 1 saturated carbocycles. The lowest BCUT2D eigenvalue weighted by atomic mass is 9.76. The van der Waals surface area contributed by atoms with Crippen LogP contribution in [0.3, 0.4) is 0 Å². The van der Waals surface area contributed by atoms with Gasteiger partial charge in [0, 0.05) is 19.8 Å². The summed E-state index contributed by atoms with van der Waals surface area (Å²) in [7, 11) is 1.80. The highest BCUT2D eigenvalue weighted by Crippen LogP contribution is 2.36. The fourth-order valence-corrected chi connectivity index (χ4v) is 4.14. The molecule has 1 aliphatic heterocycles. The van der Waals surface area contributed by atoms with Gasteiger partial charge in [-0.1, -0.05) is 19.8 Å². The molecule has 1 heterocycles. The topological polar surface area (TPSA) is 36.3 Å². The second-order valence-corrected chi connectivity index (χ2v) is 6.71. The quantitative estimate of drug-likeness (QED) is 0.773. The summed E-state index contributed by atoms with van der Waals surface area (Å²) in [4.78, 5) is 2.61. The average Bonchev–Trinajstić information content (AvgIpc) is 2.49. The number of hydrogen-bond acceptors (Lipinski definition) is 3. The van der Waals surface area contributed by atoms with Crippen LogP contribution in [0.25, 0.3) is 0 Å². The molecule has 3 unspecified atom stereocenters. The van der Waals surface area contributed by atoms with Crippen molar-refractivity contribution in [3.8, 4) is 6.07 Å². The van der Waals surface area contributed by atoms with E-state index >= 15 is 0 Å². The van der Waals surface area contributed by atoms with Crippen LogP contribution >= 0.6 is 0 Å². The zero-order valence-electron chi connectivity index (χ0n) is 13.2. The Morgan fingerprint density at radius 1 is 1.15 bits per heavy atom. The highest BCUT2D eigenvalue weighted by Gasteiger charge is 2.35. The maximum absolute atomic E-state index is 9.45. The lowest BCUT2D eigenvalue weighted by Crippen LogP contribution is -2.48. The van der Waals surface area contributed by atoms with Crippen molar-refractivity contribution < 1.29 is 4.74 Å². The van der Waals surface area contributed by atoms with E-state index < -0.39 is 0 Å². The Balaban J connectivity index is 1.89. The molecular formula is C17H30N2O. The Morgan fingerprint density at radius 2 is 1.90 bits per heavy atom. The highest BCUT2D eigenvalue weighted by molar-refractivity contribution is 4.98. The Kier molecular flexibility index (Phi) is 6.32. The smallest absolute Gasteiger partial charge is 0.0672 e. The number of rotatable bonds is 5. The molecule has 0 amide bonds. The first-order valence-electron chi connectivity index (χ1n) is 8.41. The Labute approximate surface area is 124 Å². The lowest BCUT2D eigenvalue weighted by molar-refractivity contribution is 0.0443. The van der Waals surface area contributed by atoms with Gasteiger partial charge in [0.2, 0.25) is 0 Å². The third-order valence-electron chi connectivity index (χ3n) is 5.31. The van der Waals surface area contributed by atoms with E-state index in [-0.39, 0.29) is 5.92 Å². The standard InChI is InChI=1S/C17H30N2O/c1-3-4-14-5-6-16(12-18)17(11-14)19-9-7-15(8-10-19)13-20-2/h14-17H,3-11,13H2,1-2H3. The molecule has 3 nitrogen and oxygen atoms in total. The van der Waals surface area contributed by atoms with Crippen molar-refractivity contribution in [1.29, 1.82) is 5.26 Å². The molecule has 2 aliphatic rings. The van der Waals surface area contributed by atoms with Crippen LogP contribution in [-0.4, -0.2) is 37.7 Å². The van der Waals surface area contributed by atoms with E-state index in [1.807, 2.05) is 0 Å². The Morgan fingerprint density at radius 3 is 2.50 bits per heavy atom. The largest absolute Gasteiger partial charge is 0.384 e. The van der Waals surface area contributed by atoms with Crippen molar-refractivity contribution in [2.75, 3.05) is 26.8 Å².